The molecule has 1 aliphatic rings. The van der Waals surface area contributed by atoms with Gasteiger partial charge in [-0.25, -0.2) is 4.39 Å². The van der Waals surface area contributed by atoms with Crippen molar-refractivity contribution in [2.75, 3.05) is 6.54 Å². The molecule has 1 aliphatic heterocycles. The fraction of sp³-hybridized carbons (Fsp3) is 0.227. The predicted octanol–water partition coefficient (Wildman–Crippen LogP) is 4.95. The van der Waals surface area contributed by atoms with Crippen LogP contribution in [0.3, 0.4) is 0 Å². The van der Waals surface area contributed by atoms with Crippen LogP contribution in [0, 0.1) is 5.82 Å². The van der Waals surface area contributed by atoms with Crippen LogP contribution in [0.2, 0.25) is 0 Å². The molecule has 0 radical (unpaired) electrons. The first-order valence-electron chi connectivity index (χ1n) is 9.52. The van der Waals surface area contributed by atoms with E-state index in [1.54, 1.807) is 12.1 Å². The molecule has 2 aromatic carbocycles. The van der Waals surface area contributed by atoms with Gasteiger partial charge in [-0.05, 0) is 55.4 Å². The summed E-state index contributed by atoms with van der Waals surface area (Å²) in [5, 5.41) is 8.23. The fourth-order valence-corrected chi connectivity index (χ4v) is 3.84. The largest absolute Gasteiger partial charge is 0.351 e. The van der Waals surface area contributed by atoms with E-state index in [-0.39, 0.29) is 11.9 Å². The molecule has 0 bridgehead atoms. The Morgan fingerprint density at radius 1 is 1.14 bits per heavy atom. The minimum Gasteiger partial charge on any atom is -0.351 e. The lowest BCUT2D eigenvalue weighted by molar-refractivity contribution is 0.396. The summed E-state index contributed by atoms with van der Waals surface area (Å²) < 4.78 is 18.9. The summed E-state index contributed by atoms with van der Waals surface area (Å²) in [4.78, 5) is 6.67. The Morgan fingerprint density at radius 3 is 2.55 bits per heavy atom. The van der Waals surface area contributed by atoms with Crippen LogP contribution in [0.4, 0.5) is 4.39 Å². The SMILES string of the molecule is CCCN1C(=S)NC(c2ccccc2)C(c2nc(-c3ccc(F)cc3)no2)=C1C. The van der Waals surface area contributed by atoms with E-state index in [9.17, 15) is 4.39 Å². The first kappa shape index (κ1) is 19.3. The third-order valence-corrected chi connectivity index (χ3v) is 5.27. The van der Waals surface area contributed by atoms with Crippen molar-refractivity contribution >= 4 is 22.9 Å². The highest BCUT2D eigenvalue weighted by molar-refractivity contribution is 7.80. The second kappa shape index (κ2) is 8.13. The molecule has 4 rings (SSSR count). The number of benzene rings is 2. The lowest BCUT2D eigenvalue weighted by Gasteiger charge is -2.37. The summed E-state index contributed by atoms with van der Waals surface area (Å²) in [6, 6.07) is 15.9. The zero-order chi connectivity index (χ0) is 20.4. The van der Waals surface area contributed by atoms with Gasteiger partial charge in [-0.3, -0.25) is 0 Å². The number of hydrogen-bond donors (Lipinski definition) is 1. The molecule has 148 valence electrons. The second-order valence-corrected chi connectivity index (χ2v) is 7.26. The van der Waals surface area contributed by atoms with Crippen LogP contribution < -0.4 is 5.32 Å². The van der Waals surface area contributed by atoms with Crippen LogP contribution in [-0.4, -0.2) is 26.7 Å². The highest BCUT2D eigenvalue weighted by atomic mass is 32.1. The molecule has 5 nitrogen and oxygen atoms in total. The third kappa shape index (κ3) is 3.78. The molecule has 1 aromatic heterocycles. The molecular formula is C22H21FN4OS. The molecule has 29 heavy (non-hydrogen) atoms. The maximum Gasteiger partial charge on any atom is 0.258 e. The zero-order valence-corrected chi connectivity index (χ0v) is 17.0. The number of halogens is 1. The number of aromatic nitrogens is 2. The van der Waals surface area contributed by atoms with Crippen molar-refractivity contribution in [3.05, 3.63) is 77.6 Å². The van der Waals surface area contributed by atoms with Crippen LogP contribution >= 0.6 is 12.2 Å². The normalized spacial score (nSPS) is 16.9. The molecule has 0 amide bonds. The summed E-state index contributed by atoms with van der Waals surface area (Å²) in [7, 11) is 0. The van der Waals surface area contributed by atoms with E-state index >= 15 is 0 Å². The van der Waals surface area contributed by atoms with Gasteiger partial charge in [-0.1, -0.05) is 42.4 Å². The highest BCUT2D eigenvalue weighted by Crippen LogP contribution is 2.37. The quantitative estimate of drug-likeness (QED) is 0.603. The van der Waals surface area contributed by atoms with Crippen molar-refractivity contribution in [1.82, 2.24) is 20.4 Å². The smallest absolute Gasteiger partial charge is 0.258 e. The lowest BCUT2D eigenvalue weighted by Crippen LogP contribution is -2.46. The molecule has 1 unspecified atom stereocenters. The number of nitrogens with one attached hydrogen (secondary N) is 1. The summed E-state index contributed by atoms with van der Waals surface area (Å²) in [5.74, 6) is 0.537. The van der Waals surface area contributed by atoms with Gasteiger partial charge in [-0.2, -0.15) is 4.98 Å². The number of thiocarbonyl (C=S) groups is 1. The molecule has 1 N–H and O–H groups in total. The Bertz CT molecular complexity index is 1050. The van der Waals surface area contributed by atoms with E-state index < -0.39 is 0 Å². The lowest BCUT2D eigenvalue weighted by atomic mass is 9.95. The van der Waals surface area contributed by atoms with Crippen LogP contribution in [0.1, 0.15) is 37.8 Å². The van der Waals surface area contributed by atoms with Crippen molar-refractivity contribution in [3.8, 4) is 11.4 Å². The van der Waals surface area contributed by atoms with E-state index in [1.807, 2.05) is 37.3 Å². The number of allylic oxidation sites excluding steroid dienone is 1. The van der Waals surface area contributed by atoms with Gasteiger partial charge in [0, 0.05) is 17.8 Å². The van der Waals surface area contributed by atoms with Crippen molar-refractivity contribution < 1.29 is 8.91 Å². The maximum absolute atomic E-state index is 13.2. The molecule has 2 heterocycles. The van der Waals surface area contributed by atoms with Gasteiger partial charge in [0.2, 0.25) is 5.82 Å². The first-order chi connectivity index (χ1) is 14.1. The van der Waals surface area contributed by atoms with E-state index in [4.69, 9.17) is 16.7 Å². The van der Waals surface area contributed by atoms with Gasteiger partial charge in [0.05, 0.1) is 11.6 Å². The number of hydrogen-bond acceptors (Lipinski definition) is 4. The van der Waals surface area contributed by atoms with Crippen LogP contribution in [0.25, 0.3) is 17.0 Å². The third-order valence-electron chi connectivity index (χ3n) is 4.94. The van der Waals surface area contributed by atoms with Crippen molar-refractivity contribution in [1.29, 1.82) is 0 Å². The van der Waals surface area contributed by atoms with Gasteiger partial charge >= 0.3 is 0 Å². The average Bonchev–Trinajstić information content (AvgIpc) is 3.21. The monoisotopic (exact) mass is 408 g/mol. The zero-order valence-electron chi connectivity index (χ0n) is 16.2. The van der Waals surface area contributed by atoms with E-state index in [1.165, 1.54) is 12.1 Å². The molecule has 3 aromatic rings. The summed E-state index contributed by atoms with van der Waals surface area (Å²) in [6.07, 6.45) is 0.951. The Hall–Kier alpha value is -3.06. The molecule has 0 spiro atoms. The second-order valence-electron chi connectivity index (χ2n) is 6.87. The van der Waals surface area contributed by atoms with Crippen molar-refractivity contribution in [3.63, 3.8) is 0 Å². The molecule has 1 atom stereocenters. The molecule has 7 heteroatoms. The van der Waals surface area contributed by atoms with E-state index in [0.29, 0.717) is 22.4 Å². The summed E-state index contributed by atoms with van der Waals surface area (Å²) >= 11 is 5.62. The minimum absolute atomic E-state index is 0.196. The summed E-state index contributed by atoms with van der Waals surface area (Å²) in [6.45, 7) is 4.93. The highest BCUT2D eigenvalue weighted by Gasteiger charge is 2.33. The van der Waals surface area contributed by atoms with Crippen LogP contribution in [0.15, 0.2) is 64.8 Å². The van der Waals surface area contributed by atoms with Gasteiger partial charge < -0.3 is 14.7 Å². The Kier molecular flexibility index (Phi) is 5.40. The van der Waals surface area contributed by atoms with Crippen LogP contribution in [-0.2, 0) is 0 Å². The molecule has 0 saturated heterocycles. The molecule has 0 aliphatic carbocycles. The molecule has 0 saturated carbocycles. The molecular weight excluding hydrogens is 387 g/mol. The standard InChI is InChI=1S/C22H21FN4OS/c1-3-13-27-14(2)18(19(24-22(27)29)15-7-5-4-6-8-15)21-25-20(26-28-21)16-9-11-17(23)12-10-16/h4-12,19H,3,13H2,1-2H3,(H,24,29). The van der Waals surface area contributed by atoms with Crippen LogP contribution in [0.5, 0.6) is 0 Å². The molecule has 0 fully saturated rings. The van der Waals surface area contributed by atoms with Gasteiger partial charge in [0.1, 0.15) is 5.82 Å². The summed E-state index contributed by atoms with van der Waals surface area (Å²) in [5.41, 5.74) is 3.63. The average molecular weight is 409 g/mol. The van der Waals surface area contributed by atoms with Crippen molar-refractivity contribution in [2.45, 2.75) is 26.3 Å². The minimum atomic E-state index is -0.305. The Labute approximate surface area is 174 Å². The Balaban J connectivity index is 1.80. The topological polar surface area (TPSA) is 54.2 Å². The predicted molar refractivity (Wildman–Crippen MR) is 114 cm³/mol. The maximum atomic E-state index is 13.2. The van der Waals surface area contributed by atoms with Crippen molar-refractivity contribution in [2.24, 2.45) is 0 Å². The fourth-order valence-electron chi connectivity index (χ4n) is 3.50. The van der Waals surface area contributed by atoms with Gasteiger partial charge in [-0.15, -0.1) is 0 Å². The Morgan fingerprint density at radius 2 is 1.86 bits per heavy atom. The number of rotatable bonds is 5. The van der Waals surface area contributed by atoms with E-state index in [0.717, 1.165) is 29.8 Å². The van der Waals surface area contributed by atoms with Gasteiger partial charge in [0.25, 0.3) is 5.89 Å². The number of nitrogens with zero attached hydrogens (tertiary/aromatic N) is 3. The van der Waals surface area contributed by atoms with Gasteiger partial charge in [0.15, 0.2) is 5.11 Å². The van der Waals surface area contributed by atoms with E-state index in [2.05, 4.69) is 27.3 Å². The first-order valence-corrected chi connectivity index (χ1v) is 9.93.